The van der Waals surface area contributed by atoms with Crippen LogP contribution in [0.25, 0.3) is 0 Å². The molecule has 1 aliphatic rings. The maximum atomic E-state index is 10.8. The Morgan fingerprint density at radius 3 is 2.60 bits per heavy atom. The number of nitrogens with one attached hydrogen (secondary N) is 1. The lowest BCUT2D eigenvalue weighted by Crippen LogP contribution is -2.37. The van der Waals surface area contributed by atoms with Gasteiger partial charge in [-0.25, -0.2) is 0 Å². The van der Waals surface area contributed by atoms with Gasteiger partial charge in [0.05, 0.1) is 0 Å². The summed E-state index contributed by atoms with van der Waals surface area (Å²) in [6.45, 7) is 1.78. The quantitative estimate of drug-likeness (QED) is 0.492. The fraction of sp³-hybridized carbons (Fsp3) is 0.667. The molecular formula is C6H10N2O2. The van der Waals surface area contributed by atoms with Gasteiger partial charge < -0.3 is 11.1 Å². The van der Waals surface area contributed by atoms with E-state index in [1.54, 1.807) is 6.92 Å². The Bertz CT molecular complexity index is 179. The fourth-order valence-electron chi connectivity index (χ4n) is 1.02. The van der Waals surface area contributed by atoms with Crippen molar-refractivity contribution in [3.05, 3.63) is 0 Å². The van der Waals surface area contributed by atoms with E-state index in [1.165, 1.54) is 0 Å². The molecule has 1 saturated heterocycles. The van der Waals surface area contributed by atoms with Crippen molar-refractivity contribution < 1.29 is 9.59 Å². The van der Waals surface area contributed by atoms with Crippen LogP contribution in [-0.4, -0.2) is 17.9 Å². The highest BCUT2D eigenvalue weighted by Gasteiger charge is 2.31. The zero-order valence-electron chi connectivity index (χ0n) is 5.76. The monoisotopic (exact) mass is 142 g/mol. The van der Waals surface area contributed by atoms with E-state index in [0.29, 0.717) is 6.42 Å². The van der Waals surface area contributed by atoms with Crippen LogP contribution in [0.15, 0.2) is 0 Å². The second kappa shape index (κ2) is 2.28. The van der Waals surface area contributed by atoms with Gasteiger partial charge in [-0.2, -0.15) is 0 Å². The Kier molecular flexibility index (Phi) is 1.61. The highest BCUT2D eigenvalue weighted by atomic mass is 16.2. The number of hydrogen-bond donors (Lipinski definition) is 2. The van der Waals surface area contributed by atoms with Crippen molar-refractivity contribution in [2.45, 2.75) is 19.4 Å². The first kappa shape index (κ1) is 7.05. The van der Waals surface area contributed by atoms with Crippen LogP contribution in [0.5, 0.6) is 0 Å². The minimum Gasteiger partial charge on any atom is -0.368 e. The molecule has 0 saturated carbocycles. The third-order valence-electron chi connectivity index (χ3n) is 1.70. The first-order valence-corrected chi connectivity index (χ1v) is 3.21. The summed E-state index contributed by atoms with van der Waals surface area (Å²) in [6, 6.07) is -0.442. The first-order chi connectivity index (χ1) is 4.61. The van der Waals surface area contributed by atoms with Crippen LogP contribution >= 0.6 is 0 Å². The van der Waals surface area contributed by atoms with E-state index >= 15 is 0 Å². The number of amides is 2. The zero-order valence-corrected chi connectivity index (χ0v) is 5.76. The van der Waals surface area contributed by atoms with Gasteiger partial charge in [0.25, 0.3) is 0 Å². The van der Waals surface area contributed by atoms with Crippen LogP contribution in [0, 0.1) is 5.92 Å². The van der Waals surface area contributed by atoms with E-state index in [-0.39, 0.29) is 11.8 Å². The van der Waals surface area contributed by atoms with Gasteiger partial charge in [-0.1, -0.05) is 6.92 Å². The van der Waals surface area contributed by atoms with Gasteiger partial charge in [0, 0.05) is 5.92 Å². The molecule has 4 heteroatoms. The highest BCUT2D eigenvalue weighted by molar-refractivity contribution is 5.90. The minimum absolute atomic E-state index is 0.0718. The van der Waals surface area contributed by atoms with Gasteiger partial charge in [-0.05, 0) is 6.42 Å². The fourth-order valence-corrected chi connectivity index (χ4v) is 1.02. The van der Waals surface area contributed by atoms with Crippen LogP contribution in [-0.2, 0) is 9.59 Å². The summed E-state index contributed by atoms with van der Waals surface area (Å²) >= 11 is 0. The van der Waals surface area contributed by atoms with Crippen molar-refractivity contribution in [3.8, 4) is 0 Å². The van der Waals surface area contributed by atoms with E-state index in [1.807, 2.05) is 0 Å². The molecule has 4 nitrogen and oxygen atoms in total. The molecule has 10 heavy (non-hydrogen) atoms. The second-order valence-corrected chi connectivity index (χ2v) is 2.60. The SMILES string of the molecule is CC1CC(C(N)=O)NC1=O. The Hall–Kier alpha value is -1.06. The van der Waals surface area contributed by atoms with E-state index in [0.717, 1.165) is 0 Å². The molecule has 1 aliphatic heterocycles. The van der Waals surface area contributed by atoms with Crippen molar-refractivity contribution in [1.82, 2.24) is 5.32 Å². The molecule has 0 spiro atoms. The predicted octanol–water partition coefficient (Wildman–Crippen LogP) is -1.00. The Morgan fingerprint density at radius 2 is 2.40 bits per heavy atom. The van der Waals surface area contributed by atoms with Crippen molar-refractivity contribution in [3.63, 3.8) is 0 Å². The maximum Gasteiger partial charge on any atom is 0.240 e. The molecule has 2 atom stereocenters. The molecular weight excluding hydrogens is 132 g/mol. The van der Waals surface area contributed by atoms with Crippen LogP contribution in [0.4, 0.5) is 0 Å². The van der Waals surface area contributed by atoms with Gasteiger partial charge in [0.2, 0.25) is 11.8 Å². The second-order valence-electron chi connectivity index (χ2n) is 2.60. The van der Waals surface area contributed by atoms with E-state index in [2.05, 4.69) is 5.32 Å². The molecule has 1 rings (SSSR count). The lowest BCUT2D eigenvalue weighted by Gasteiger charge is -2.01. The molecule has 1 heterocycles. The molecule has 0 aromatic rings. The zero-order chi connectivity index (χ0) is 7.72. The third kappa shape index (κ3) is 1.10. The topological polar surface area (TPSA) is 72.2 Å². The van der Waals surface area contributed by atoms with Crippen LogP contribution in [0.3, 0.4) is 0 Å². The molecule has 0 aromatic carbocycles. The number of nitrogens with two attached hydrogens (primary N) is 1. The van der Waals surface area contributed by atoms with Gasteiger partial charge in [-0.3, -0.25) is 9.59 Å². The van der Waals surface area contributed by atoms with E-state index in [9.17, 15) is 9.59 Å². The molecule has 2 unspecified atom stereocenters. The van der Waals surface area contributed by atoms with Crippen LogP contribution in [0.1, 0.15) is 13.3 Å². The Balaban J connectivity index is 2.57. The predicted molar refractivity (Wildman–Crippen MR) is 34.9 cm³/mol. The maximum absolute atomic E-state index is 10.8. The van der Waals surface area contributed by atoms with Crippen LogP contribution < -0.4 is 11.1 Å². The first-order valence-electron chi connectivity index (χ1n) is 3.21. The summed E-state index contributed by atoms with van der Waals surface area (Å²) in [6.07, 6.45) is 0.536. The van der Waals surface area contributed by atoms with Crippen molar-refractivity contribution in [2.75, 3.05) is 0 Å². The van der Waals surface area contributed by atoms with Gasteiger partial charge >= 0.3 is 0 Å². The van der Waals surface area contributed by atoms with Crippen LogP contribution in [0.2, 0.25) is 0 Å². The largest absolute Gasteiger partial charge is 0.368 e. The molecule has 3 N–H and O–H groups in total. The number of hydrogen-bond acceptors (Lipinski definition) is 2. The average molecular weight is 142 g/mol. The summed E-state index contributed by atoms with van der Waals surface area (Å²) in [4.78, 5) is 21.3. The summed E-state index contributed by atoms with van der Waals surface area (Å²) < 4.78 is 0. The molecule has 0 aliphatic carbocycles. The number of carbonyl (C=O) groups is 2. The lowest BCUT2D eigenvalue weighted by atomic mass is 10.1. The number of rotatable bonds is 1. The van der Waals surface area contributed by atoms with Crippen molar-refractivity contribution in [1.29, 1.82) is 0 Å². The molecule has 0 radical (unpaired) electrons. The number of carbonyl (C=O) groups excluding carboxylic acids is 2. The molecule has 0 bridgehead atoms. The molecule has 1 fully saturated rings. The van der Waals surface area contributed by atoms with Crippen molar-refractivity contribution >= 4 is 11.8 Å². The lowest BCUT2D eigenvalue weighted by molar-refractivity contribution is -0.124. The molecule has 2 amide bonds. The summed E-state index contributed by atoms with van der Waals surface area (Å²) in [5, 5.41) is 2.49. The Morgan fingerprint density at radius 1 is 1.80 bits per heavy atom. The Labute approximate surface area is 58.8 Å². The van der Waals surface area contributed by atoms with Gasteiger partial charge in [0.15, 0.2) is 0 Å². The minimum atomic E-state index is -0.447. The summed E-state index contributed by atoms with van der Waals surface area (Å²) in [7, 11) is 0. The van der Waals surface area contributed by atoms with Crippen molar-refractivity contribution in [2.24, 2.45) is 11.7 Å². The van der Waals surface area contributed by atoms with E-state index in [4.69, 9.17) is 5.73 Å². The highest BCUT2D eigenvalue weighted by Crippen LogP contribution is 2.13. The standard InChI is InChI=1S/C6H10N2O2/c1-3-2-4(5(7)9)8-6(3)10/h3-4H,2H2,1H3,(H2,7,9)(H,8,10). The average Bonchev–Trinajstić information content (AvgIpc) is 2.13. The molecule has 56 valence electrons. The van der Waals surface area contributed by atoms with Gasteiger partial charge in [-0.15, -0.1) is 0 Å². The normalized spacial score (nSPS) is 31.9. The number of primary amides is 1. The summed E-state index contributed by atoms with van der Waals surface area (Å²) in [5.41, 5.74) is 4.97. The van der Waals surface area contributed by atoms with Gasteiger partial charge in [0.1, 0.15) is 6.04 Å². The molecule has 0 aromatic heterocycles. The summed E-state index contributed by atoms with van der Waals surface area (Å²) in [5.74, 6) is -0.598. The third-order valence-corrected chi connectivity index (χ3v) is 1.70. The van der Waals surface area contributed by atoms with E-state index < -0.39 is 11.9 Å². The smallest absolute Gasteiger partial charge is 0.240 e.